The summed E-state index contributed by atoms with van der Waals surface area (Å²) in [5.74, 6) is 0.659. The van der Waals surface area contributed by atoms with Crippen LogP contribution in [0.4, 0.5) is 0 Å². The Hall–Kier alpha value is -0.810. The third-order valence-corrected chi connectivity index (χ3v) is 4.25. The highest BCUT2D eigenvalue weighted by molar-refractivity contribution is 5.85. The summed E-state index contributed by atoms with van der Waals surface area (Å²) in [6, 6.07) is 0.170. The van der Waals surface area contributed by atoms with E-state index in [-0.39, 0.29) is 36.2 Å². The van der Waals surface area contributed by atoms with Crippen molar-refractivity contribution >= 4 is 24.2 Å². The molecule has 0 aromatic rings. The van der Waals surface area contributed by atoms with Gasteiger partial charge in [0.25, 0.3) is 0 Å². The van der Waals surface area contributed by atoms with Crippen LogP contribution < -0.4 is 11.1 Å². The fraction of sp³-hybridized carbons (Fsp3) is 0.846. The summed E-state index contributed by atoms with van der Waals surface area (Å²) in [6.45, 7) is 4.00. The van der Waals surface area contributed by atoms with Crippen LogP contribution in [0.2, 0.25) is 0 Å². The van der Waals surface area contributed by atoms with Crippen molar-refractivity contribution in [2.75, 3.05) is 19.6 Å². The fourth-order valence-corrected chi connectivity index (χ4v) is 3.06. The van der Waals surface area contributed by atoms with Crippen LogP contribution in [0.1, 0.15) is 32.6 Å². The van der Waals surface area contributed by atoms with Gasteiger partial charge in [0.2, 0.25) is 11.8 Å². The molecule has 2 aliphatic rings. The average Bonchev–Trinajstić information content (AvgIpc) is 2.38. The molecular formula is C13H24ClN3O2. The van der Waals surface area contributed by atoms with Gasteiger partial charge in [-0.3, -0.25) is 9.59 Å². The highest BCUT2D eigenvalue weighted by atomic mass is 35.5. The van der Waals surface area contributed by atoms with Gasteiger partial charge >= 0.3 is 0 Å². The minimum absolute atomic E-state index is 0. The van der Waals surface area contributed by atoms with E-state index in [1.165, 1.54) is 0 Å². The number of carbonyl (C=O) groups excluding carboxylic acids is 2. The van der Waals surface area contributed by atoms with Crippen LogP contribution in [-0.2, 0) is 9.59 Å². The molecule has 0 bridgehead atoms. The van der Waals surface area contributed by atoms with Crippen LogP contribution in [-0.4, -0.2) is 42.4 Å². The maximum atomic E-state index is 12.5. The van der Waals surface area contributed by atoms with Gasteiger partial charge in [0.05, 0.1) is 5.92 Å². The van der Waals surface area contributed by atoms with Gasteiger partial charge in [-0.05, 0) is 25.2 Å². The zero-order chi connectivity index (χ0) is 13.1. The minimum Gasteiger partial charge on any atom is -0.355 e. The number of hydrogen-bond acceptors (Lipinski definition) is 3. The predicted octanol–water partition coefficient (Wildman–Crippen LogP) is 0.520. The van der Waals surface area contributed by atoms with E-state index in [0.29, 0.717) is 31.8 Å². The van der Waals surface area contributed by atoms with Gasteiger partial charge in [-0.2, -0.15) is 0 Å². The SMILES string of the molecule is CC1CCCN(C(=O)C2CCC(=O)NC2)C1CN.Cl. The second kappa shape index (κ2) is 7.10. The molecule has 2 saturated heterocycles. The van der Waals surface area contributed by atoms with E-state index in [1.54, 1.807) is 0 Å². The molecule has 0 aliphatic carbocycles. The Morgan fingerprint density at radius 2 is 2.21 bits per heavy atom. The lowest BCUT2D eigenvalue weighted by Gasteiger charge is -2.41. The van der Waals surface area contributed by atoms with Gasteiger partial charge in [0.15, 0.2) is 0 Å². The number of nitrogens with two attached hydrogens (primary N) is 1. The summed E-state index contributed by atoms with van der Waals surface area (Å²) in [4.78, 5) is 25.6. The van der Waals surface area contributed by atoms with E-state index in [0.717, 1.165) is 19.4 Å². The largest absolute Gasteiger partial charge is 0.355 e. The highest BCUT2D eigenvalue weighted by Gasteiger charge is 2.35. The lowest BCUT2D eigenvalue weighted by molar-refractivity contribution is -0.142. The van der Waals surface area contributed by atoms with Gasteiger partial charge < -0.3 is 16.0 Å². The Morgan fingerprint density at radius 1 is 1.47 bits per heavy atom. The lowest BCUT2D eigenvalue weighted by atomic mass is 9.88. The van der Waals surface area contributed by atoms with Gasteiger partial charge in [0, 0.05) is 32.1 Å². The normalized spacial score (nSPS) is 31.4. The molecule has 5 nitrogen and oxygen atoms in total. The Balaban J connectivity index is 0.00000180. The van der Waals surface area contributed by atoms with Crippen LogP contribution in [0.15, 0.2) is 0 Å². The third-order valence-electron chi connectivity index (χ3n) is 4.25. The molecule has 110 valence electrons. The van der Waals surface area contributed by atoms with E-state index < -0.39 is 0 Å². The summed E-state index contributed by atoms with van der Waals surface area (Å²) in [7, 11) is 0. The van der Waals surface area contributed by atoms with Crippen LogP contribution in [0, 0.1) is 11.8 Å². The topological polar surface area (TPSA) is 75.4 Å². The van der Waals surface area contributed by atoms with Crippen LogP contribution in [0.3, 0.4) is 0 Å². The van der Waals surface area contributed by atoms with E-state index in [1.807, 2.05) is 4.90 Å². The first-order chi connectivity index (χ1) is 8.63. The number of nitrogens with one attached hydrogen (secondary N) is 1. The van der Waals surface area contributed by atoms with E-state index in [2.05, 4.69) is 12.2 Å². The van der Waals surface area contributed by atoms with Crippen molar-refractivity contribution in [2.45, 2.75) is 38.6 Å². The standard InChI is InChI=1S/C13H23N3O2.ClH/c1-9-3-2-6-16(11(9)7-14)13(18)10-4-5-12(17)15-8-10;/h9-11H,2-8,14H2,1H3,(H,15,17);1H. The summed E-state index contributed by atoms with van der Waals surface area (Å²) >= 11 is 0. The molecule has 0 radical (unpaired) electrons. The number of nitrogens with zero attached hydrogens (tertiary/aromatic N) is 1. The summed E-state index contributed by atoms with van der Waals surface area (Å²) < 4.78 is 0. The first-order valence-corrected chi connectivity index (χ1v) is 6.90. The second-order valence-corrected chi connectivity index (χ2v) is 5.49. The quantitative estimate of drug-likeness (QED) is 0.778. The Labute approximate surface area is 120 Å². The Morgan fingerprint density at radius 3 is 2.79 bits per heavy atom. The molecule has 2 fully saturated rings. The number of hydrogen-bond donors (Lipinski definition) is 2. The lowest BCUT2D eigenvalue weighted by Crippen LogP contribution is -2.55. The summed E-state index contributed by atoms with van der Waals surface area (Å²) in [5.41, 5.74) is 5.81. The predicted molar refractivity (Wildman–Crippen MR) is 75.9 cm³/mol. The number of halogens is 1. The number of piperidine rings is 2. The van der Waals surface area contributed by atoms with Gasteiger partial charge in [-0.25, -0.2) is 0 Å². The van der Waals surface area contributed by atoms with Gasteiger partial charge in [0.1, 0.15) is 0 Å². The molecule has 3 atom stereocenters. The van der Waals surface area contributed by atoms with Crippen molar-refractivity contribution in [2.24, 2.45) is 17.6 Å². The fourth-order valence-electron chi connectivity index (χ4n) is 3.06. The highest BCUT2D eigenvalue weighted by Crippen LogP contribution is 2.25. The van der Waals surface area contributed by atoms with E-state index >= 15 is 0 Å². The van der Waals surface area contributed by atoms with Crippen molar-refractivity contribution in [3.8, 4) is 0 Å². The molecule has 3 N–H and O–H groups in total. The molecule has 2 aliphatic heterocycles. The number of amides is 2. The number of carbonyl (C=O) groups is 2. The molecule has 3 unspecified atom stereocenters. The van der Waals surface area contributed by atoms with Crippen molar-refractivity contribution < 1.29 is 9.59 Å². The molecule has 0 aromatic heterocycles. The maximum Gasteiger partial charge on any atom is 0.227 e. The van der Waals surface area contributed by atoms with Crippen molar-refractivity contribution in [1.29, 1.82) is 0 Å². The maximum absolute atomic E-state index is 12.5. The molecule has 6 heteroatoms. The molecule has 0 saturated carbocycles. The summed E-state index contributed by atoms with van der Waals surface area (Å²) in [6.07, 6.45) is 3.34. The Bertz CT molecular complexity index is 328. The van der Waals surface area contributed by atoms with Gasteiger partial charge in [-0.1, -0.05) is 6.92 Å². The zero-order valence-electron chi connectivity index (χ0n) is 11.4. The van der Waals surface area contributed by atoms with Crippen molar-refractivity contribution in [1.82, 2.24) is 10.2 Å². The smallest absolute Gasteiger partial charge is 0.227 e. The molecular weight excluding hydrogens is 266 g/mol. The second-order valence-electron chi connectivity index (χ2n) is 5.49. The first-order valence-electron chi connectivity index (χ1n) is 6.90. The molecule has 2 rings (SSSR count). The Kier molecular flexibility index (Phi) is 6.07. The molecule has 0 aromatic carbocycles. The molecule has 0 spiro atoms. The van der Waals surface area contributed by atoms with Crippen LogP contribution in [0.5, 0.6) is 0 Å². The van der Waals surface area contributed by atoms with E-state index in [9.17, 15) is 9.59 Å². The van der Waals surface area contributed by atoms with E-state index in [4.69, 9.17) is 5.73 Å². The summed E-state index contributed by atoms with van der Waals surface area (Å²) in [5, 5.41) is 2.78. The number of likely N-dealkylation sites (tertiary alicyclic amines) is 1. The minimum atomic E-state index is -0.0537. The molecule has 19 heavy (non-hydrogen) atoms. The third kappa shape index (κ3) is 3.60. The first kappa shape index (κ1) is 16.2. The molecule has 2 amide bonds. The van der Waals surface area contributed by atoms with Crippen molar-refractivity contribution in [3.05, 3.63) is 0 Å². The zero-order valence-corrected chi connectivity index (χ0v) is 12.2. The average molecular weight is 290 g/mol. The molecule has 2 heterocycles. The van der Waals surface area contributed by atoms with Gasteiger partial charge in [-0.15, -0.1) is 12.4 Å². The van der Waals surface area contributed by atoms with Crippen LogP contribution >= 0.6 is 12.4 Å². The van der Waals surface area contributed by atoms with Crippen molar-refractivity contribution in [3.63, 3.8) is 0 Å². The van der Waals surface area contributed by atoms with Crippen LogP contribution in [0.25, 0.3) is 0 Å². The number of rotatable bonds is 2. The monoisotopic (exact) mass is 289 g/mol.